The first-order valence-corrected chi connectivity index (χ1v) is 7.55. The van der Waals surface area contributed by atoms with Gasteiger partial charge >= 0.3 is 5.97 Å². The molecular weight excluding hydrogens is 242 g/mol. The van der Waals surface area contributed by atoms with E-state index in [4.69, 9.17) is 4.74 Å². The summed E-state index contributed by atoms with van der Waals surface area (Å²) in [7, 11) is 3.58. The second-order valence-corrected chi connectivity index (χ2v) is 5.53. The highest BCUT2D eigenvalue weighted by molar-refractivity contribution is 5.69. The van der Waals surface area contributed by atoms with Gasteiger partial charge < -0.3 is 14.4 Å². The minimum atomic E-state index is -0.104. The second-order valence-electron chi connectivity index (χ2n) is 5.53. The van der Waals surface area contributed by atoms with E-state index in [1.165, 1.54) is 39.2 Å². The van der Waals surface area contributed by atoms with Crippen LogP contribution in [0, 0.1) is 5.92 Å². The summed E-state index contributed by atoms with van der Waals surface area (Å²) in [4.78, 5) is 13.3. The van der Waals surface area contributed by atoms with Crippen LogP contribution in [0.25, 0.3) is 0 Å². The molecule has 1 aliphatic heterocycles. The molecule has 0 atom stereocenters. The van der Waals surface area contributed by atoms with Crippen LogP contribution in [0.15, 0.2) is 0 Å². The highest BCUT2D eigenvalue weighted by Gasteiger charge is 2.13. The number of methoxy groups -OCH3 is 1. The van der Waals surface area contributed by atoms with Crippen LogP contribution >= 0.6 is 0 Å². The SMILES string of the molecule is COC(=O)CCCN(C)CCCCC1CCOCC1. The van der Waals surface area contributed by atoms with E-state index in [9.17, 15) is 4.79 Å². The Morgan fingerprint density at radius 2 is 1.89 bits per heavy atom. The monoisotopic (exact) mass is 271 g/mol. The van der Waals surface area contributed by atoms with Crippen molar-refractivity contribution in [1.29, 1.82) is 0 Å². The summed E-state index contributed by atoms with van der Waals surface area (Å²) < 4.78 is 10.0. The van der Waals surface area contributed by atoms with Crippen molar-refractivity contribution in [2.75, 3.05) is 40.5 Å². The van der Waals surface area contributed by atoms with Gasteiger partial charge in [0.1, 0.15) is 0 Å². The molecule has 112 valence electrons. The predicted octanol–water partition coefficient (Wildman–Crippen LogP) is 2.47. The molecule has 0 spiro atoms. The first kappa shape index (κ1) is 16.4. The van der Waals surface area contributed by atoms with Crippen molar-refractivity contribution in [2.45, 2.75) is 44.9 Å². The average molecular weight is 271 g/mol. The van der Waals surface area contributed by atoms with Gasteiger partial charge in [0.25, 0.3) is 0 Å². The molecule has 1 aliphatic rings. The second kappa shape index (κ2) is 10.2. The molecule has 0 bridgehead atoms. The normalized spacial score (nSPS) is 16.8. The minimum absolute atomic E-state index is 0.104. The number of unbranched alkanes of at least 4 members (excludes halogenated alkanes) is 1. The summed E-state index contributed by atoms with van der Waals surface area (Å²) in [5, 5.41) is 0. The molecule has 0 saturated carbocycles. The molecule has 1 saturated heterocycles. The number of esters is 1. The van der Waals surface area contributed by atoms with Gasteiger partial charge in [-0.05, 0) is 51.7 Å². The van der Waals surface area contributed by atoms with Gasteiger partial charge in [-0.25, -0.2) is 0 Å². The zero-order chi connectivity index (χ0) is 13.9. The van der Waals surface area contributed by atoms with E-state index in [0.717, 1.165) is 38.6 Å². The zero-order valence-corrected chi connectivity index (χ0v) is 12.5. The molecule has 0 aromatic carbocycles. The highest BCUT2D eigenvalue weighted by atomic mass is 16.5. The molecule has 1 rings (SSSR count). The van der Waals surface area contributed by atoms with Gasteiger partial charge in [-0.3, -0.25) is 4.79 Å². The van der Waals surface area contributed by atoms with E-state index in [1.54, 1.807) is 0 Å². The Morgan fingerprint density at radius 3 is 2.58 bits per heavy atom. The van der Waals surface area contributed by atoms with Crippen LogP contribution in [0.1, 0.15) is 44.9 Å². The molecular formula is C15H29NO3. The lowest BCUT2D eigenvalue weighted by Crippen LogP contribution is -2.22. The van der Waals surface area contributed by atoms with Crippen molar-refractivity contribution in [3.63, 3.8) is 0 Å². The van der Waals surface area contributed by atoms with E-state index in [0.29, 0.717) is 6.42 Å². The first-order chi connectivity index (χ1) is 9.22. The maximum Gasteiger partial charge on any atom is 0.305 e. The van der Waals surface area contributed by atoms with Crippen LogP contribution in [-0.4, -0.2) is 51.3 Å². The molecule has 0 aromatic rings. The number of ether oxygens (including phenoxy) is 2. The van der Waals surface area contributed by atoms with Crippen molar-refractivity contribution in [1.82, 2.24) is 4.90 Å². The molecule has 0 unspecified atom stereocenters. The van der Waals surface area contributed by atoms with E-state index < -0.39 is 0 Å². The highest BCUT2D eigenvalue weighted by Crippen LogP contribution is 2.20. The predicted molar refractivity (Wildman–Crippen MR) is 76.1 cm³/mol. The number of rotatable bonds is 9. The van der Waals surface area contributed by atoms with Crippen molar-refractivity contribution in [2.24, 2.45) is 5.92 Å². The third-order valence-electron chi connectivity index (χ3n) is 3.89. The standard InChI is InChI=1S/C15H29NO3/c1-16(11-5-7-15(17)18-2)10-4-3-6-14-8-12-19-13-9-14/h14H,3-13H2,1-2H3. The summed E-state index contributed by atoms with van der Waals surface area (Å²) >= 11 is 0. The van der Waals surface area contributed by atoms with Crippen molar-refractivity contribution in [3.05, 3.63) is 0 Å². The Bertz CT molecular complexity index is 240. The Labute approximate surface area is 117 Å². The van der Waals surface area contributed by atoms with E-state index >= 15 is 0 Å². The lowest BCUT2D eigenvalue weighted by Gasteiger charge is -2.22. The fourth-order valence-corrected chi connectivity index (χ4v) is 2.56. The van der Waals surface area contributed by atoms with Gasteiger partial charge in [0.05, 0.1) is 7.11 Å². The number of carbonyl (C=O) groups is 1. The van der Waals surface area contributed by atoms with E-state index in [2.05, 4.69) is 16.7 Å². The number of carbonyl (C=O) groups excluding carboxylic acids is 1. The fraction of sp³-hybridized carbons (Fsp3) is 0.933. The summed E-state index contributed by atoms with van der Waals surface area (Å²) in [5.74, 6) is 0.784. The first-order valence-electron chi connectivity index (χ1n) is 7.55. The van der Waals surface area contributed by atoms with Crippen molar-refractivity contribution in [3.8, 4) is 0 Å². The molecule has 1 heterocycles. The van der Waals surface area contributed by atoms with Crippen LogP contribution in [0.4, 0.5) is 0 Å². The lowest BCUT2D eigenvalue weighted by atomic mass is 9.94. The molecule has 0 aromatic heterocycles. The van der Waals surface area contributed by atoms with Gasteiger partial charge in [0.15, 0.2) is 0 Å². The van der Waals surface area contributed by atoms with Crippen LogP contribution in [-0.2, 0) is 14.3 Å². The Hall–Kier alpha value is -0.610. The van der Waals surface area contributed by atoms with Gasteiger partial charge in [-0.2, -0.15) is 0 Å². The third kappa shape index (κ3) is 8.22. The van der Waals surface area contributed by atoms with Crippen molar-refractivity contribution < 1.29 is 14.3 Å². The summed E-state index contributed by atoms with van der Waals surface area (Å²) in [6.07, 6.45) is 7.83. The smallest absolute Gasteiger partial charge is 0.305 e. The molecule has 1 fully saturated rings. The third-order valence-corrected chi connectivity index (χ3v) is 3.89. The van der Waals surface area contributed by atoms with E-state index in [-0.39, 0.29) is 5.97 Å². The Kier molecular flexibility index (Phi) is 8.84. The molecule has 19 heavy (non-hydrogen) atoms. The van der Waals surface area contributed by atoms with Crippen LogP contribution in [0.3, 0.4) is 0 Å². The van der Waals surface area contributed by atoms with Crippen molar-refractivity contribution >= 4 is 5.97 Å². The van der Waals surface area contributed by atoms with Gasteiger partial charge in [0.2, 0.25) is 0 Å². The summed E-state index contributed by atoms with van der Waals surface area (Å²) in [6, 6.07) is 0. The van der Waals surface area contributed by atoms with Gasteiger partial charge in [-0.15, -0.1) is 0 Å². The Morgan fingerprint density at radius 1 is 1.21 bits per heavy atom. The van der Waals surface area contributed by atoms with Crippen LogP contribution in [0.2, 0.25) is 0 Å². The van der Waals surface area contributed by atoms with Crippen LogP contribution in [0.5, 0.6) is 0 Å². The quantitative estimate of drug-likeness (QED) is 0.477. The Balaban J connectivity index is 1.91. The lowest BCUT2D eigenvalue weighted by molar-refractivity contribution is -0.140. The topological polar surface area (TPSA) is 38.8 Å². The van der Waals surface area contributed by atoms with Crippen LogP contribution < -0.4 is 0 Å². The maximum atomic E-state index is 11.0. The molecule has 0 radical (unpaired) electrons. The molecule has 0 N–H and O–H groups in total. The number of nitrogens with zero attached hydrogens (tertiary/aromatic N) is 1. The van der Waals surface area contributed by atoms with Gasteiger partial charge in [0, 0.05) is 19.6 Å². The molecule has 4 nitrogen and oxygen atoms in total. The van der Waals surface area contributed by atoms with E-state index in [1.807, 2.05) is 0 Å². The number of hydrogen-bond acceptors (Lipinski definition) is 4. The molecule has 0 aliphatic carbocycles. The summed E-state index contributed by atoms with van der Waals surface area (Å²) in [5.41, 5.74) is 0. The minimum Gasteiger partial charge on any atom is -0.469 e. The molecule has 4 heteroatoms. The summed E-state index contributed by atoms with van der Waals surface area (Å²) in [6.45, 7) is 4.02. The number of hydrogen-bond donors (Lipinski definition) is 0. The molecule has 0 amide bonds. The zero-order valence-electron chi connectivity index (χ0n) is 12.5. The maximum absolute atomic E-state index is 11.0. The largest absolute Gasteiger partial charge is 0.469 e. The van der Waals surface area contributed by atoms with Gasteiger partial charge in [-0.1, -0.05) is 12.8 Å². The average Bonchev–Trinajstić information content (AvgIpc) is 2.44. The fourth-order valence-electron chi connectivity index (χ4n) is 2.56.